The van der Waals surface area contributed by atoms with Crippen LogP contribution >= 0.6 is 0 Å². The minimum atomic E-state index is -1.15. The summed E-state index contributed by atoms with van der Waals surface area (Å²) in [5.74, 6) is -2.44. The van der Waals surface area contributed by atoms with Crippen LogP contribution < -0.4 is 5.32 Å². The van der Waals surface area contributed by atoms with Gasteiger partial charge < -0.3 is 10.4 Å². The summed E-state index contributed by atoms with van der Waals surface area (Å²) < 4.78 is 0. The number of ketones is 1. The molecule has 0 spiro atoms. The van der Waals surface area contributed by atoms with E-state index in [1.54, 1.807) is 12.1 Å². The Labute approximate surface area is 105 Å². The van der Waals surface area contributed by atoms with Crippen molar-refractivity contribution in [1.29, 1.82) is 0 Å². The van der Waals surface area contributed by atoms with Crippen LogP contribution in [0.25, 0.3) is 0 Å². The Morgan fingerprint density at radius 1 is 1.22 bits per heavy atom. The van der Waals surface area contributed by atoms with Crippen molar-refractivity contribution in [2.45, 2.75) is 26.2 Å². The van der Waals surface area contributed by atoms with Crippen LogP contribution in [0.5, 0.6) is 0 Å². The lowest BCUT2D eigenvalue weighted by molar-refractivity contribution is -0.134. The third-order valence-electron chi connectivity index (χ3n) is 2.42. The summed E-state index contributed by atoms with van der Waals surface area (Å²) in [5.41, 5.74) is 0.106. The summed E-state index contributed by atoms with van der Waals surface area (Å²) in [6.07, 6.45) is 1.65. The van der Waals surface area contributed by atoms with Gasteiger partial charge in [-0.1, -0.05) is 25.5 Å². The molecule has 1 amide bonds. The van der Waals surface area contributed by atoms with E-state index in [0.717, 1.165) is 6.42 Å². The summed E-state index contributed by atoms with van der Waals surface area (Å²) in [6, 6.07) is 5.97. The smallest absolute Gasteiger partial charge is 0.337 e. The molecule has 1 aromatic carbocycles. The van der Waals surface area contributed by atoms with Crippen LogP contribution in [0.1, 0.15) is 36.5 Å². The molecule has 0 radical (unpaired) electrons. The van der Waals surface area contributed by atoms with Gasteiger partial charge in [-0.05, 0) is 18.6 Å². The van der Waals surface area contributed by atoms with Crippen molar-refractivity contribution in [2.24, 2.45) is 0 Å². The number of carboxylic acid groups (broad SMARTS) is 1. The number of carbonyl (C=O) groups is 3. The largest absolute Gasteiger partial charge is 0.478 e. The first-order chi connectivity index (χ1) is 8.56. The van der Waals surface area contributed by atoms with Gasteiger partial charge in [-0.15, -0.1) is 0 Å². The SMILES string of the molecule is CCCCC(=O)C(=O)Nc1ccccc1C(=O)O. The first kappa shape index (κ1) is 13.9. The number of unbranched alkanes of at least 4 members (excludes halogenated alkanes) is 1. The Kier molecular flexibility index (Phi) is 5.05. The Morgan fingerprint density at radius 3 is 2.50 bits per heavy atom. The highest BCUT2D eigenvalue weighted by molar-refractivity contribution is 6.40. The van der Waals surface area contributed by atoms with E-state index < -0.39 is 17.7 Å². The van der Waals surface area contributed by atoms with Crippen LogP contribution in [0, 0.1) is 0 Å². The topological polar surface area (TPSA) is 83.5 Å². The molecule has 0 aliphatic carbocycles. The van der Waals surface area contributed by atoms with Gasteiger partial charge in [0.05, 0.1) is 11.3 Å². The van der Waals surface area contributed by atoms with Crippen molar-refractivity contribution in [3.63, 3.8) is 0 Å². The van der Waals surface area contributed by atoms with Crippen LogP contribution in [-0.4, -0.2) is 22.8 Å². The number of anilines is 1. The van der Waals surface area contributed by atoms with E-state index in [2.05, 4.69) is 5.32 Å². The number of benzene rings is 1. The fraction of sp³-hybridized carbons (Fsp3) is 0.308. The molecule has 5 heteroatoms. The predicted molar refractivity (Wildman–Crippen MR) is 66.6 cm³/mol. The van der Waals surface area contributed by atoms with Gasteiger partial charge in [-0.3, -0.25) is 9.59 Å². The van der Waals surface area contributed by atoms with Gasteiger partial charge in [-0.2, -0.15) is 0 Å². The number of Topliss-reactive ketones (excluding diaryl/α,β-unsaturated/α-hetero) is 1. The van der Waals surface area contributed by atoms with E-state index in [9.17, 15) is 14.4 Å². The molecule has 0 aliphatic rings. The summed E-state index contributed by atoms with van der Waals surface area (Å²) in [4.78, 5) is 33.9. The van der Waals surface area contributed by atoms with E-state index in [4.69, 9.17) is 5.11 Å². The number of nitrogens with one attached hydrogen (secondary N) is 1. The van der Waals surface area contributed by atoms with E-state index >= 15 is 0 Å². The van der Waals surface area contributed by atoms with Gasteiger partial charge in [0.2, 0.25) is 5.78 Å². The molecule has 18 heavy (non-hydrogen) atoms. The number of carbonyl (C=O) groups excluding carboxylic acids is 2. The molecule has 0 atom stereocenters. The van der Waals surface area contributed by atoms with Crippen LogP contribution in [0.2, 0.25) is 0 Å². The molecule has 1 aromatic rings. The van der Waals surface area contributed by atoms with Gasteiger partial charge in [0.25, 0.3) is 5.91 Å². The predicted octanol–water partition coefficient (Wildman–Crippen LogP) is 2.08. The number of hydrogen-bond acceptors (Lipinski definition) is 3. The minimum Gasteiger partial charge on any atom is -0.478 e. The molecule has 5 nitrogen and oxygen atoms in total. The van der Waals surface area contributed by atoms with Gasteiger partial charge in [-0.25, -0.2) is 4.79 Å². The molecule has 0 aliphatic heterocycles. The highest BCUT2D eigenvalue weighted by atomic mass is 16.4. The maximum atomic E-state index is 11.5. The monoisotopic (exact) mass is 249 g/mol. The van der Waals surface area contributed by atoms with Crippen molar-refractivity contribution < 1.29 is 19.5 Å². The molecule has 96 valence electrons. The van der Waals surface area contributed by atoms with Crippen molar-refractivity contribution in [3.05, 3.63) is 29.8 Å². The Hall–Kier alpha value is -2.17. The van der Waals surface area contributed by atoms with Gasteiger partial charge in [0.15, 0.2) is 0 Å². The summed E-state index contributed by atoms with van der Waals surface area (Å²) in [6.45, 7) is 1.92. The average Bonchev–Trinajstić information content (AvgIpc) is 2.36. The Bertz CT molecular complexity index is 468. The highest BCUT2D eigenvalue weighted by Crippen LogP contribution is 2.15. The number of carboxylic acids is 1. The second kappa shape index (κ2) is 6.54. The van der Waals surface area contributed by atoms with Gasteiger partial charge >= 0.3 is 5.97 Å². The zero-order chi connectivity index (χ0) is 13.5. The van der Waals surface area contributed by atoms with E-state index in [-0.39, 0.29) is 17.7 Å². The Balaban J connectivity index is 2.76. The van der Waals surface area contributed by atoms with Crippen LogP contribution in [0.4, 0.5) is 5.69 Å². The van der Waals surface area contributed by atoms with Crippen LogP contribution in [-0.2, 0) is 9.59 Å². The third-order valence-corrected chi connectivity index (χ3v) is 2.42. The zero-order valence-electron chi connectivity index (χ0n) is 10.1. The summed E-state index contributed by atoms with van der Waals surface area (Å²) >= 11 is 0. The average molecular weight is 249 g/mol. The highest BCUT2D eigenvalue weighted by Gasteiger charge is 2.16. The number of aromatic carboxylic acids is 1. The van der Waals surface area contributed by atoms with Crippen molar-refractivity contribution >= 4 is 23.3 Å². The lowest BCUT2D eigenvalue weighted by Crippen LogP contribution is -2.23. The lowest BCUT2D eigenvalue weighted by atomic mass is 10.1. The molecular weight excluding hydrogens is 234 g/mol. The van der Waals surface area contributed by atoms with E-state index in [1.165, 1.54) is 12.1 Å². The molecule has 0 saturated heterocycles. The zero-order valence-corrected chi connectivity index (χ0v) is 10.1. The fourth-order valence-corrected chi connectivity index (χ4v) is 1.42. The maximum absolute atomic E-state index is 11.5. The molecule has 0 unspecified atom stereocenters. The normalized spacial score (nSPS) is 9.83. The third kappa shape index (κ3) is 3.69. The molecule has 0 fully saturated rings. The first-order valence-electron chi connectivity index (χ1n) is 5.72. The molecule has 2 N–H and O–H groups in total. The second-order valence-electron chi connectivity index (χ2n) is 3.83. The lowest BCUT2D eigenvalue weighted by Gasteiger charge is -2.07. The van der Waals surface area contributed by atoms with Gasteiger partial charge in [0.1, 0.15) is 0 Å². The van der Waals surface area contributed by atoms with Crippen LogP contribution in [0.3, 0.4) is 0 Å². The molecule has 0 heterocycles. The summed E-state index contributed by atoms with van der Waals surface area (Å²) in [5, 5.41) is 11.3. The molecule has 1 rings (SSSR count). The Morgan fingerprint density at radius 2 is 1.89 bits per heavy atom. The molecule has 0 aromatic heterocycles. The van der Waals surface area contributed by atoms with Crippen LogP contribution in [0.15, 0.2) is 24.3 Å². The van der Waals surface area contributed by atoms with E-state index in [1.807, 2.05) is 6.92 Å². The first-order valence-corrected chi connectivity index (χ1v) is 5.72. The van der Waals surface area contributed by atoms with Gasteiger partial charge in [0, 0.05) is 6.42 Å². The number of amides is 1. The minimum absolute atomic E-state index is 0.0332. The van der Waals surface area contributed by atoms with Crippen molar-refractivity contribution in [2.75, 3.05) is 5.32 Å². The van der Waals surface area contributed by atoms with E-state index in [0.29, 0.717) is 6.42 Å². The molecule has 0 saturated carbocycles. The standard InChI is InChI=1S/C13H15NO4/c1-2-3-8-11(15)12(16)14-10-7-5-4-6-9(10)13(17)18/h4-7H,2-3,8H2,1H3,(H,14,16)(H,17,18). The van der Waals surface area contributed by atoms with Crippen molar-refractivity contribution in [1.82, 2.24) is 0 Å². The molecule has 0 bridgehead atoms. The maximum Gasteiger partial charge on any atom is 0.337 e. The van der Waals surface area contributed by atoms with Crippen molar-refractivity contribution in [3.8, 4) is 0 Å². The second-order valence-corrected chi connectivity index (χ2v) is 3.83. The fourth-order valence-electron chi connectivity index (χ4n) is 1.42. The number of hydrogen-bond donors (Lipinski definition) is 2. The number of para-hydroxylation sites is 1. The molecular formula is C13H15NO4. The quantitative estimate of drug-likeness (QED) is 0.756. The number of rotatable bonds is 6. The summed E-state index contributed by atoms with van der Waals surface area (Å²) in [7, 11) is 0.